The number of hydrogen-bond donors (Lipinski definition) is 1. The lowest BCUT2D eigenvalue weighted by atomic mass is 9.99. The average Bonchev–Trinajstić information content (AvgIpc) is 3.15. The van der Waals surface area contributed by atoms with Crippen LogP contribution in [0, 0.1) is 20.8 Å². The summed E-state index contributed by atoms with van der Waals surface area (Å²) in [7, 11) is -3.69. The van der Waals surface area contributed by atoms with Crippen LogP contribution >= 0.6 is 0 Å². The summed E-state index contributed by atoms with van der Waals surface area (Å²) in [5.74, 6) is -0.235. The third-order valence-electron chi connectivity index (χ3n) is 5.39. The predicted octanol–water partition coefficient (Wildman–Crippen LogP) is 3.64. The number of nitrogens with zero attached hydrogens (tertiary/aromatic N) is 1. The Hall–Kier alpha value is -2.18. The smallest absolute Gasteiger partial charge is 0.243 e. The lowest BCUT2D eigenvalue weighted by molar-refractivity contribution is -0.124. The second-order valence-electron chi connectivity index (χ2n) is 7.68. The number of benzene rings is 2. The van der Waals surface area contributed by atoms with E-state index in [1.165, 1.54) is 4.31 Å². The number of amides is 1. The van der Waals surface area contributed by atoms with Gasteiger partial charge in [0.2, 0.25) is 15.9 Å². The molecule has 2 atom stereocenters. The molecule has 1 fully saturated rings. The summed E-state index contributed by atoms with van der Waals surface area (Å²) >= 11 is 0. The normalized spacial score (nSPS) is 18.8. The second kappa shape index (κ2) is 8.05. The molecule has 0 aliphatic carbocycles. The summed E-state index contributed by atoms with van der Waals surface area (Å²) in [4.78, 5) is 13.2. The Morgan fingerprint density at radius 2 is 1.71 bits per heavy atom. The fourth-order valence-corrected chi connectivity index (χ4v) is 5.41. The van der Waals surface area contributed by atoms with Crippen LogP contribution in [-0.4, -0.2) is 31.2 Å². The summed E-state index contributed by atoms with van der Waals surface area (Å²) in [5, 5.41) is 3.02. The highest BCUT2D eigenvalue weighted by Crippen LogP contribution is 2.27. The number of aryl methyl sites for hydroxylation is 3. The van der Waals surface area contributed by atoms with Gasteiger partial charge in [0, 0.05) is 6.54 Å². The van der Waals surface area contributed by atoms with Gasteiger partial charge in [-0.05, 0) is 63.8 Å². The molecular weight excluding hydrogens is 372 g/mol. The number of nitrogens with one attached hydrogen (secondary N) is 1. The first-order valence-electron chi connectivity index (χ1n) is 9.66. The summed E-state index contributed by atoms with van der Waals surface area (Å²) in [5.41, 5.74) is 4.29. The van der Waals surface area contributed by atoms with E-state index in [1.807, 2.05) is 39.8 Å². The molecule has 0 saturated carbocycles. The Bertz CT molecular complexity index is 968. The molecule has 28 heavy (non-hydrogen) atoms. The molecule has 5 nitrogen and oxygen atoms in total. The van der Waals surface area contributed by atoms with Crippen LogP contribution in [0.1, 0.15) is 48.1 Å². The maximum atomic E-state index is 13.1. The number of carbonyl (C=O) groups excluding carboxylic acids is 1. The summed E-state index contributed by atoms with van der Waals surface area (Å²) in [6.45, 7) is 8.25. The zero-order valence-electron chi connectivity index (χ0n) is 16.9. The fraction of sp³-hybridized carbons (Fsp3) is 0.409. The first-order valence-corrected chi connectivity index (χ1v) is 11.1. The van der Waals surface area contributed by atoms with Crippen LogP contribution in [0.25, 0.3) is 0 Å². The Morgan fingerprint density at radius 3 is 2.39 bits per heavy atom. The van der Waals surface area contributed by atoms with E-state index in [2.05, 4.69) is 11.4 Å². The van der Waals surface area contributed by atoms with Crippen molar-refractivity contribution in [3.05, 3.63) is 64.7 Å². The minimum Gasteiger partial charge on any atom is -0.348 e. The van der Waals surface area contributed by atoms with Crippen LogP contribution in [-0.2, 0) is 14.8 Å². The molecule has 0 aromatic heterocycles. The minimum atomic E-state index is -3.69. The standard InChI is InChI=1S/C22H28N2O3S/c1-15-8-11-19(12-9-15)28(26,27)24-13-5-6-21(24)22(25)23-18(4)20-14-16(2)7-10-17(20)3/h7-12,14,18,21H,5-6,13H2,1-4H3,(H,23,25)/t18?,21-/m0/s1. The molecule has 3 rings (SSSR count). The van der Waals surface area contributed by atoms with Crippen molar-refractivity contribution in [1.29, 1.82) is 0 Å². The molecule has 1 aliphatic heterocycles. The molecule has 1 unspecified atom stereocenters. The van der Waals surface area contributed by atoms with Crippen molar-refractivity contribution in [2.24, 2.45) is 0 Å². The highest BCUT2D eigenvalue weighted by atomic mass is 32.2. The van der Waals surface area contributed by atoms with Gasteiger partial charge in [-0.25, -0.2) is 8.42 Å². The van der Waals surface area contributed by atoms with Gasteiger partial charge < -0.3 is 5.32 Å². The second-order valence-corrected chi connectivity index (χ2v) is 9.57. The van der Waals surface area contributed by atoms with E-state index < -0.39 is 16.1 Å². The zero-order chi connectivity index (χ0) is 20.5. The lowest BCUT2D eigenvalue weighted by Crippen LogP contribution is -2.46. The molecular formula is C22H28N2O3S. The maximum Gasteiger partial charge on any atom is 0.243 e. The number of carbonyl (C=O) groups is 1. The molecule has 1 N–H and O–H groups in total. The summed E-state index contributed by atoms with van der Waals surface area (Å²) in [6.07, 6.45) is 1.22. The molecule has 0 bridgehead atoms. The van der Waals surface area contributed by atoms with Gasteiger partial charge in [0.05, 0.1) is 10.9 Å². The van der Waals surface area contributed by atoms with E-state index in [-0.39, 0.29) is 16.8 Å². The van der Waals surface area contributed by atoms with Crippen molar-refractivity contribution in [1.82, 2.24) is 9.62 Å². The van der Waals surface area contributed by atoms with Gasteiger partial charge >= 0.3 is 0 Å². The Balaban J connectivity index is 1.79. The molecule has 0 radical (unpaired) electrons. The van der Waals surface area contributed by atoms with E-state index in [0.717, 1.165) is 22.3 Å². The van der Waals surface area contributed by atoms with E-state index >= 15 is 0 Å². The molecule has 1 saturated heterocycles. The monoisotopic (exact) mass is 400 g/mol. The predicted molar refractivity (Wildman–Crippen MR) is 111 cm³/mol. The van der Waals surface area contributed by atoms with Gasteiger partial charge in [-0.3, -0.25) is 4.79 Å². The molecule has 1 amide bonds. The van der Waals surface area contributed by atoms with Gasteiger partial charge in [-0.2, -0.15) is 4.31 Å². The molecule has 1 heterocycles. The summed E-state index contributed by atoms with van der Waals surface area (Å²) in [6, 6.07) is 12.1. The van der Waals surface area contributed by atoms with E-state index in [9.17, 15) is 13.2 Å². The number of hydrogen-bond acceptors (Lipinski definition) is 3. The minimum absolute atomic E-state index is 0.183. The maximum absolute atomic E-state index is 13.1. The third-order valence-corrected chi connectivity index (χ3v) is 7.32. The Kier molecular flexibility index (Phi) is 5.91. The van der Waals surface area contributed by atoms with Crippen molar-refractivity contribution in [2.75, 3.05) is 6.54 Å². The van der Waals surface area contributed by atoms with Crippen molar-refractivity contribution < 1.29 is 13.2 Å². The zero-order valence-corrected chi connectivity index (χ0v) is 17.7. The Morgan fingerprint density at radius 1 is 1.07 bits per heavy atom. The topological polar surface area (TPSA) is 66.5 Å². The highest BCUT2D eigenvalue weighted by Gasteiger charge is 2.39. The van der Waals surface area contributed by atoms with Crippen molar-refractivity contribution >= 4 is 15.9 Å². The van der Waals surface area contributed by atoms with Crippen LogP contribution in [0.15, 0.2) is 47.4 Å². The molecule has 0 spiro atoms. The Labute approximate surface area is 167 Å². The fourth-order valence-electron chi connectivity index (χ4n) is 3.75. The SMILES string of the molecule is Cc1ccc(S(=O)(=O)N2CCC[C@H]2C(=O)NC(C)c2cc(C)ccc2C)cc1. The van der Waals surface area contributed by atoms with Crippen LogP contribution in [0.2, 0.25) is 0 Å². The average molecular weight is 401 g/mol. The quantitative estimate of drug-likeness (QED) is 0.833. The number of rotatable bonds is 5. The van der Waals surface area contributed by atoms with E-state index in [4.69, 9.17) is 0 Å². The molecule has 2 aromatic rings. The highest BCUT2D eigenvalue weighted by molar-refractivity contribution is 7.89. The van der Waals surface area contributed by atoms with E-state index in [1.54, 1.807) is 24.3 Å². The summed E-state index contributed by atoms with van der Waals surface area (Å²) < 4.78 is 27.5. The van der Waals surface area contributed by atoms with Crippen molar-refractivity contribution in [3.8, 4) is 0 Å². The molecule has 1 aliphatic rings. The first kappa shape index (κ1) is 20.6. The van der Waals surface area contributed by atoms with Crippen LogP contribution in [0.5, 0.6) is 0 Å². The van der Waals surface area contributed by atoms with Crippen molar-refractivity contribution in [3.63, 3.8) is 0 Å². The third kappa shape index (κ3) is 4.13. The molecule has 2 aromatic carbocycles. The van der Waals surface area contributed by atoms with Crippen molar-refractivity contribution in [2.45, 2.75) is 57.5 Å². The van der Waals surface area contributed by atoms with Crippen LogP contribution in [0.3, 0.4) is 0 Å². The van der Waals surface area contributed by atoms with E-state index in [0.29, 0.717) is 19.4 Å². The molecule has 6 heteroatoms. The largest absolute Gasteiger partial charge is 0.348 e. The van der Waals surface area contributed by atoms with Gasteiger partial charge in [-0.1, -0.05) is 41.5 Å². The van der Waals surface area contributed by atoms with Gasteiger partial charge in [0.25, 0.3) is 0 Å². The van der Waals surface area contributed by atoms with Gasteiger partial charge in [-0.15, -0.1) is 0 Å². The van der Waals surface area contributed by atoms with Crippen LogP contribution < -0.4 is 5.32 Å². The first-order chi connectivity index (χ1) is 13.2. The molecule has 150 valence electrons. The van der Waals surface area contributed by atoms with Gasteiger partial charge in [0.1, 0.15) is 6.04 Å². The number of sulfonamides is 1. The van der Waals surface area contributed by atoms with Crippen LogP contribution in [0.4, 0.5) is 0 Å². The van der Waals surface area contributed by atoms with Gasteiger partial charge in [0.15, 0.2) is 0 Å². The lowest BCUT2D eigenvalue weighted by Gasteiger charge is -2.25.